The largest absolute Gasteiger partial charge is 0.373 e. The highest BCUT2D eigenvalue weighted by Gasteiger charge is 2.28. The summed E-state index contributed by atoms with van der Waals surface area (Å²) in [6.45, 7) is 8.61. The maximum absolute atomic E-state index is 4.77. The van der Waals surface area contributed by atoms with E-state index in [2.05, 4.69) is 55.1 Å². The van der Waals surface area contributed by atoms with Crippen LogP contribution in [0.1, 0.15) is 57.3 Å². The number of hydrogen-bond acceptors (Lipinski definition) is 5. The first-order valence-corrected chi connectivity index (χ1v) is 9.06. The van der Waals surface area contributed by atoms with Crippen LogP contribution in [0.25, 0.3) is 0 Å². The van der Waals surface area contributed by atoms with Crippen molar-refractivity contribution < 1.29 is 0 Å². The van der Waals surface area contributed by atoms with E-state index in [1.165, 1.54) is 25.0 Å². The fraction of sp³-hybridized carbons (Fsp3) is 0.750. The van der Waals surface area contributed by atoms with Gasteiger partial charge in [0.25, 0.3) is 0 Å². The zero-order valence-electron chi connectivity index (χ0n) is 13.9. The van der Waals surface area contributed by atoms with Crippen LogP contribution in [0.2, 0.25) is 0 Å². The fourth-order valence-electron chi connectivity index (χ4n) is 2.86. The predicted octanol–water partition coefficient (Wildman–Crippen LogP) is 4.04. The van der Waals surface area contributed by atoms with E-state index in [4.69, 9.17) is 4.98 Å². The first-order valence-electron chi connectivity index (χ1n) is 8.01. The molecule has 2 rings (SSSR count). The second kappa shape index (κ2) is 7.34. The van der Waals surface area contributed by atoms with Crippen LogP contribution in [0.4, 0.5) is 11.6 Å². The van der Waals surface area contributed by atoms with Crippen LogP contribution in [0, 0.1) is 6.92 Å². The van der Waals surface area contributed by atoms with E-state index < -0.39 is 0 Å². The molecule has 0 saturated heterocycles. The van der Waals surface area contributed by atoms with Gasteiger partial charge in [0.1, 0.15) is 17.5 Å². The van der Waals surface area contributed by atoms with Crippen LogP contribution in [0.3, 0.4) is 0 Å². The summed E-state index contributed by atoms with van der Waals surface area (Å²) >= 11 is 2.07. The van der Waals surface area contributed by atoms with Gasteiger partial charge in [-0.1, -0.05) is 27.2 Å². The van der Waals surface area contributed by atoms with Crippen molar-refractivity contribution in [3.63, 3.8) is 0 Å². The van der Waals surface area contributed by atoms with Gasteiger partial charge in [-0.05, 0) is 25.5 Å². The number of nitrogens with zero attached hydrogens (tertiary/aromatic N) is 2. The lowest BCUT2D eigenvalue weighted by molar-refractivity contribution is 0.740. The number of anilines is 2. The van der Waals surface area contributed by atoms with Gasteiger partial charge >= 0.3 is 0 Å². The van der Waals surface area contributed by atoms with Crippen molar-refractivity contribution in [3.05, 3.63) is 11.4 Å². The van der Waals surface area contributed by atoms with Crippen molar-refractivity contribution in [1.29, 1.82) is 0 Å². The van der Waals surface area contributed by atoms with Crippen molar-refractivity contribution >= 4 is 23.4 Å². The Morgan fingerprint density at radius 1 is 1.24 bits per heavy atom. The average Bonchev–Trinajstić information content (AvgIpc) is 2.88. The quantitative estimate of drug-likeness (QED) is 0.830. The molecule has 0 spiro atoms. The van der Waals surface area contributed by atoms with Crippen LogP contribution in [-0.2, 0) is 0 Å². The van der Waals surface area contributed by atoms with Crippen LogP contribution in [0.5, 0.6) is 0 Å². The number of thioether (sulfide) groups is 1. The van der Waals surface area contributed by atoms with Crippen molar-refractivity contribution in [2.75, 3.05) is 23.4 Å². The SMILES string of the molecule is CCSC1CCCC1Nc1nc(C(C)C)nc(NC)c1C. The molecular formula is C16H28N4S. The molecule has 0 radical (unpaired) electrons. The lowest BCUT2D eigenvalue weighted by Gasteiger charge is -2.23. The molecule has 0 bridgehead atoms. The second-order valence-electron chi connectivity index (χ2n) is 5.98. The van der Waals surface area contributed by atoms with Gasteiger partial charge in [0.05, 0.1) is 0 Å². The molecule has 2 N–H and O–H groups in total. The fourth-order valence-corrected chi connectivity index (χ4v) is 4.05. The molecule has 1 aliphatic carbocycles. The number of rotatable bonds is 6. The third-order valence-corrected chi connectivity index (χ3v) is 5.40. The van der Waals surface area contributed by atoms with Gasteiger partial charge in [-0.3, -0.25) is 0 Å². The summed E-state index contributed by atoms with van der Waals surface area (Å²) in [6.07, 6.45) is 3.87. The number of aromatic nitrogens is 2. The Kier molecular flexibility index (Phi) is 5.73. The molecule has 118 valence electrons. The van der Waals surface area contributed by atoms with E-state index >= 15 is 0 Å². The third-order valence-electron chi connectivity index (χ3n) is 4.07. The van der Waals surface area contributed by atoms with Gasteiger partial charge in [0.2, 0.25) is 0 Å². The third kappa shape index (κ3) is 3.82. The number of nitrogens with one attached hydrogen (secondary N) is 2. The summed E-state index contributed by atoms with van der Waals surface area (Å²) in [6, 6.07) is 0.535. The van der Waals surface area contributed by atoms with Crippen LogP contribution < -0.4 is 10.6 Å². The van der Waals surface area contributed by atoms with Crippen molar-refractivity contribution in [1.82, 2.24) is 9.97 Å². The number of hydrogen-bond donors (Lipinski definition) is 2. The summed E-state index contributed by atoms with van der Waals surface area (Å²) in [7, 11) is 1.93. The van der Waals surface area contributed by atoms with Gasteiger partial charge in [0, 0.05) is 29.8 Å². The standard InChI is InChI=1S/C16H28N4S/c1-6-21-13-9-7-8-12(13)18-16-11(4)15(17-5)19-14(20-16)10(2)3/h10,12-13H,6-9H2,1-5H3,(H2,17,18,19,20). The Labute approximate surface area is 132 Å². The van der Waals surface area contributed by atoms with Crippen LogP contribution in [-0.4, -0.2) is 34.1 Å². The zero-order chi connectivity index (χ0) is 15.4. The first-order chi connectivity index (χ1) is 10.1. The maximum atomic E-state index is 4.77. The smallest absolute Gasteiger partial charge is 0.135 e. The van der Waals surface area contributed by atoms with E-state index in [0.29, 0.717) is 17.2 Å². The normalized spacial score (nSPS) is 21.8. The van der Waals surface area contributed by atoms with Crippen LogP contribution in [0.15, 0.2) is 0 Å². The van der Waals surface area contributed by atoms with Gasteiger partial charge in [0.15, 0.2) is 0 Å². The van der Waals surface area contributed by atoms with E-state index in [-0.39, 0.29) is 0 Å². The summed E-state index contributed by atoms with van der Waals surface area (Å²) in [5.74, 6) is 4.37. The van der Waals surface area contributed by atoms with Crippen molar-refractivity contribution in [2.45, 2.75) is 64.2 Å². The second-order valence-corrected chi connectivity index (χ2v) is 7.50. The topological polar surface area (TPSA) is 49.8 Å². The highest BCUT2D eigenvalue weighted by molar-refractivity contribution is 7.99. The molecule has 4 nitrogen and oxygen atoms in total. The minimum absolute atomic E-state index is 0.336. The van der Waals surface area contributed by atoms with E-state index in [0.717, 1.165) is 23.0 Å². The highest BCUT2D eigenvalue weighted by atomic mass is 32.2. The van der Waals surface area contributed by atoms with Gasteiger partial charge in [-0.25, -0.2) is 9.97 Å². The molecule has 1 fully saturated rings. The lowest BCUT2D eigenvalue weighted by Crippen LogP contribution is -2.27. The monoisotopic (exact) mass is 308 g/mol. The molecule has 1 aliphatic rings. The summed E-state index contributed by atoms with van der Waals surface area (Å²) in [4.78, 5) is 9.38. The molecule has 5 heteroatoms. The van der Waals surface area contributed by atoms with E-state index in [1.807, 2.05) is 7.05 Å². The molecular weight excluding hydrogens is 280 g/mol. The van der Waals surface area contributed by atoms with Gasteiger partial charge < -0.3 is 10.6 Å². The summed E-state index contributed by atoms with van der Waals surface area (Å²) in [5.41, 5.74) is 1.12. The Morgan fingerprint density at radius 2 is 1.95 bits per heavy atom. The Morgan fingerprint density at radius 3 is 2.57 bits per heavy atom. The van der Waals surface area contributed by atoms with Crippen molar-refractivity contribution in [2.24, 2.45) is 0 Å². The Bertz CT molecular complexity index is 476. The molecule has 0 aromatic carbocycles. The molecule has 1 aromatic heterocycles. The van der Waals surface area contributed by atoms with Crippen molar-refractivity contribution in [3.8, 4) is 0 Å². The molecule has 1 saturated carbocycles. The molecule has 1 aromatic rings. The molecule has 2 atom stereocenters. The molecule has 0 amide bonds. The molecule has 0 aliphatic heterocycles. The highest BCUT2D eigenvalue weighted by Crippen LogP contribution is 2.33. The van der Waals surface area contributed by atoms with Gasteiger partial charge in [-0.15, -0.1) is 0 Å². The average molecular weight is 308 g/mol. The molecule has 2 unspecified atom stereocenters. The summed E-state index contributed by atoms with van der Waals surface area (Å²) in [5, 5.41) is 7.61. The van der Waals surface area contributed by atoms with E-state index in [9.17, 15) is 0 Å². The zero-order valence-corrected chi connectivity index (χ0v) is 14.7. The summed E-state index contributed by atoms with van der Waals surface area (Å²) < 4.78 is 0. The van der Waals surface area contributed by atoms with E-state index in [1.54, 1.807) is 0 Å². The lowest BCUT2D eigenvalue weighted by atomic mass is 10.2. The minimum atomic E-state index is 0.336. The Hall–Kier alpha value is -0.970. The predicted molar refractivity (Wildman–Crippen MR) is 93.6 cm³/mol. The Balaban J connectivity index is 2.24. The maximum Gasteiger partial charge on any atom is 0.135 e. The van der Waals surface area contributed by atoms with Crippen LogP contribution >= 0.6 is 11.8 Å². The van der Waals surface area contributed by atoms with Gasteiger partial charge in [-0.2, -0.15) is 11.8 Å². The first kappa shape index (κ1) is 16.4. The minimum Gasteiger partial charge on any atom is -0.373 e. The molecule has 21 heavy (non-hydrogen) atoms. The molecule has 1 heterocycles.